The fourth-order valence-electron chi connectivity index (χ4n) is 1.06. The molecule has 0 unspecified atom stereocenters. The number of rotatable bonds is 2. The lowest BCUT2D eigenvalue weighted by Crippen LogP contribution is -1.82. The van der Waals surface area contributed by atoms with Crippen LogP contribution in [0.1, 0.15) is 0 Å². The lowest BCUT2D eigenvalue weighted by atomic mass is 10.2. The number of aromatic nitrogens is 2. The van der Waals surface area contributed by atoms with Crippen LogP contribution < -0.4 is 4.74 Å². The molecule has 0 N–H and O–H groups in total. The van der Waals surface area contributed by atoms with E-state index in [9.17, 15) is 0 Å². The molecule has 0 aliphatic carbocycles. The van der Waals surface area contributed by atoms with Crippen molar-refractivity contribution in [3.8, 4) is 16.3 Å². The van der Waals surface area contributed by atoms with Crippen LogP contribution in [-0.4, -0.2) is 16.5 Å². The standard InChI is InChI=1S/C9H7IN2OS/c1-13-7-4-2-6(3-5-7)8-11-9(10)12-14-8/h2-5H,1H3. The van der Waals surface area contributed by atoms with E-state index in [0.29, 0.717) is 0 Å². The summed E-state index contributed by atoms with van der Waals surface area (Å²) < 4.78 is 9.99. The van der Waals surface area contributed by atoms with Crippen molar-refractivity contribution in [2.75, 3.05) is 7.11 Å². The van der Waals surface area contributed by atoms with E-state index in [0.717, 1.165) is 20.2 Å². The van der Waals surface area contributed by atoms with E-state index >= 15 is 0 Å². The van der Waals surface area contributed by atoms with Crippen molar-refractivity contribution in [1.29, 1.82) is 0 Å². The summed E-state index contributed by atoms with van der Waals surface area (Å²) in [4.78, 5) is 4.29. The smallest absolute Gasteiger partial charge is 0.203 e. The van der Waals surface area contributed by atoms with Crippen LogP contribution in [0.4, 0.5) is 0 Å². The van der Waals surface area contributed by atoms with Gasteiger partial charge in [0.2, 0.25) is 3.83 Å². The molecule has 0 bridgehead atoms. The summed E-state index contributed by atoms with van der Waals surface area (Å²) in [5, 5.41) is 0.942. The van der Waals surface area contributed by atoms with E-state index < -0.39 is 0 Å². The van der Waals surface area contributed by atoms with E-state index in [-0.39, 0.29) is 0 Å². The molecule has 0 saturated carbocycles. The maximum absolute atomic E-state index is 5.08. The molecule has 0 spiro atoms. The van der Waals surface area contributed by atoms with Gasteiger partial charge in [0.15, 0.2) is 0 Å². The van der Waals surface area contributed by atoms with E-state index in [1.165, 1.54) is 11.5 Å². The number of hydrogen-bond donors (Lipinski definition) is 0. The number of methoxy groups -OCH3 is 1. The number of hydrogen-bond acceptors (Lipinski definition) is 4. The van der Waals surface area contributed by atoms with Gasteiger partial charge in [0.05, 0.1) is 7.11 Å². The topological polar surface area (TPSA) is 35.0 Å². The Hall–Kier alpha value is -0.690. The zero-order valence-corrected chi connectivity index (χ0v) is 10.4. The summed E-state index contributed by atoms with van der Waals surface area (Å²) in [6, 6.07) is 7.80. The molecule has 0 radical (unpaired) electrons. The highest BCUT2D eigenvalue weighted by molar-refractivity contribution is 14.1. The summed E-state index contributed by atoms with van der Waals surface area (Å²) in [6.45, 7) is 0. The van der Waals surface area contributed by atoms with Gasteiger partial charge >= 0.3 is 0 Å². The van der Waals surface area contributed by atoms with Gasteiger partial charge in [0.1, 0.15) is 10.8 Å². The lowest BCUT2D eigenvalue weighted by molar-refractivity contribution is 0.415. The highest BCUT2D eigenvalue weighted by Gasteiger charge is 2.03. The number of benzene rings is 1. The molecular weight excluding hydrogens is 311 g/mol. The van der Waals surface area contributed by atoms with Crippen molar-refractivity contribution in [2.24, 2.45) is 0 Å². The Kier molecular flexibility index (Phi) is 2.97. The van der Waals surface area contributed by atoms with Crippen molar-refractivity contribution in [1.82, 2.24) is 9.36 Å². The summed E-state index contributed by atoms with van der Waals surface area (Å²) in [5.74, 6) is 0.855. The van der Waals surface area contributed by atoms with Crippen molar-refractivity contribution in [3.63, 3.8) is 0 Å². The van der Waals surface area contributed by atoms with Gasteiger partial charge in [-0.25, -0.2) is 4.98 Å². The maximum atomic E-state index is 5.08. The first-order chi connectivity index (χ1) is 6.79. The predicted octanol–water partition coefficient (Wildman–Crippen LogP) is 2.82. The van der Waals surface area contributed by atoms with Crippen LogP contribution in [0.15, 0.2) is 24.3 Å². The molecule has 0 atom stereocenters. The molecule has 0 amide bonds. The average Bonchev–Trinajstić information content (AvgIpc) is 2.65. The van der Waals surface area contributed by atoms with Gasteiger partial charge in [-0.2, -0.15) is 4.37 Å². The van der Waals surface area contributed by atoms with Gasteiger partial charge in [0.25, 0.3) is 0 Å². The predicted molar refractivity (Wildman–Crippen MR) is 64.6 cm³/mol. The largest absolute Gasteiger partial charge is 0.497 e. The van der Waals surface area contributed by atoms with Gasteiger partial charge in [-0.05, 0) is 35.8 Å². The Morgan fingerprint density at radius 1 is 1.29 bits per heavy atom. The van der Waals surface area contributed by atoms with Crippen molar-refractivity contribution in [3.05, 3.63) is 28.1 Å². The summed E-state index contributed by atoms with van der Waals surface area (Å²) in [6.07, 6.45) is 0. The molecule has 0 saturated heterocycles. The molecule has 3 nitrogen and oxygen atoms in total. The van der Waals surface area contributed by atoms with Crippen LogP contribution in [0.3, 0.4) is 0 Å². The van der Waals surface area contributed by atoms with E-state index in [2.05, 4.69) is 31.9 Å². The monoisotopic (exact) mass is 318 g/mol. The zero-order valence-electron chi connectivity index (χ0n) is 7.40. The fourth-order valence-corrected chi connectivity index (χ4v) is 2.33. The molecule has 1 aromatic heterocycles. The summed E-state index contributed by atoms with van der Waals surface area (Å²) in [7, 11) is 1.66. The quantitative estimate of drug-likeness (QED) is 0.799. The minimum absolute atomic E-state index is 0.790. The molecule has 0 fully saturated rings. The lowest BCUT2D eigenvalue weighted by Gasteiger charge is -1.99. The molecule has 2 rings (SSSR count). The maximum Gasteiger partial charge on any atom is 0.203 e. The van der Waals surface area contributed by atoms with Gasteiger partial charge in [-0.3, -0.25) is 0 Å². The Bertz CT molecular complexity index is 427. The van der Waals surface area contributed by atoms with Gasteiger partial charge < -0.3 is 4.74 Å². The van der Waals surface area contributed by atoms with Gasteiger partial charge in [-0.15, -0.1) is 0 Å². The van der Waals surface area contributed by atoms with Crippen LogP contribution >= 0.6 is 34.1 Å². The second-order valence-corrected chi connectivity index (χ2v) is 4.31. The highest BCUT2D eigenvalue weighted by Crippen LogP contribution is 2.23. The number of nitrogens with zero attached hydrogens (tertiary/aromatic N) is 2. The molecule has 5 heteroatoms. The first-order valence-corrected chi connectivity index (χ1v) is 5.78. The van der Waals surface area contributed by atoms with E-state index in [1.807, 2.05) is 24.3 Å². The fraction of sp³-hybridized carbons (Fsp3) is 0.111. The molecule has 14 heavy (non-hydrogen) atoms. The zero-order chi connectivity index (χ0) is 9.97. The molecule has 1 heterocycles. The Labute approximate surface area is 99.4 Å². The Balaban J connectivity index is 2.33. The Morgan fingerprint density at radius 3 is 2.50 bits per heavy atom. The average molecular weight is 318 g/mol. The highest BCUT2D eigenvalue weighted by atomic mass is 127. The number of halogens is 1. The number of ether oxygens (including phenoxy) is 1. The third-order valence-electron chi connectivity index (χ3n) is 1.74. The van der Waals surface area contributed by atoms with Crippen LogP contribution in [0, 0.1) is 3.83 Å². The normalized spacial score (nSPS) is 10.1. The van der Waals surface area contributed by atoms with E-state index in [4.69, 9.17) is 4.74 Å². The third-order valence-corrected chi connectivity index (χ3v) is 3.31. The molecular formula is C9H7IN2OS. The van der Waals surface area contributed by atoms with Gasteiger partial charge in [0, 0.05) is 28.2 Å². The second-order valence-electron chi connectivity index (χ2n) is 2.60. The Morgan fingerprint density at radius 2 is 2.00 bits per heavy atom. The SMILES string of the molecule is COc1ccc(-c2nc(I)ns2)cc1. The van der Waals surface area contributed by atoms with Crippen LogP contribution in [0.25, 0.3) is 10.6 Å². The van der Waals surface area contributed by atoms with Crippen molar-refractivity contribution in [2.45, 2.75) is 0 Å². The molecule has 0 aliphatic rings. The second kappa shape index (κ2) is 4.22. The summed E-state index contributed by atoms with van der Waals surface area (Å²) >= 11 is 3.51. The molecule has 2 aromatic rings. The van der Waals surface area contributed by atoms with Crippen molar-refractivity contribution < 1.29 is 4.74 Å². The van der Waals surface area contributed by atoms with Crippen LogP contribution in [-0.2, 0) is 0 Å². The molecule has 1 aromatic carbocycles. The van der Waals surface area contributed by atoms with Gasteiger partial charge in [-0.1, -0.05) is 0 Å². The molecule has 0 aliphatic heterocycles. The van der Waals surface area contributed by atoms with E-state index in [1.54, 1.807) is 7.11 Å². The van der Waals surface area contributed by atoms with Crippen molar-refractivity contribution >= 4 is 34.1 Å². The minimum Gasteiger partial charge on any atom is -0.497 e. The molecule has 72 valence electrons. The third kappa shape index (κ3) is 2.03. The first kappa shape index (κ1) is 9.85. The summed E-state index contributed by atoms with van der Waals surface area (Å²) in [5.41, 5.74) is 1.08. The van der Waals surface area contributed by atoms with Crippen LogP contribution in [0.5, 0.6) is 5.75 Å². The minimum atomic E-state index is 0.790. The van der Waals surface area contributed by atoms with Crippen LogP contribution in [0.2, 0.25) is 0 Å². The first-order valence-electron chi connectivity index (χ1n) is 3.93.